The molecule has 0 fully saturated rings. The van der Waals surface area contributed by atoms with Gasteiger partial charge in [-0.15, -0.1) is 0 Å². The zero-order chi connectivity index (χ0) is 8.74. The Bertz CT molecular complexity index is 97.8. The van der Waals surface area contributed by atoms with Crippen LogP contribution in [-0.4, -0.2) is 28.3 Å². The van der Waals surface area contributed by atoms with Gasteiger partial charge >= 0.3 is 7.42 Å². The summed E-state index contributed by atoms with van der Waals surface area (Å²) in [7, 11) is 0.737. The third-order valence-electron chi connectivity index (χ3n) is 1.26. The van der Waals surface area contributed by atoms with Gasteiger partial charge in [0.15, 0.2) is 0 Å². The van der Waals surface area contributed by atoms with Gasteiger partial charge in [0.2, 0.25) is 0 Å². The van der Waals surface area contributed by atoms with Gasteiger partial charge < -0.3 is 13.3 Å². The van der Waals surface area contributed by atoms with E-state index in [9.17, 15) is 0 Å². The van der Waals surface area contributed by atoms with Crippen molar-refractivity contribution in [3.05, 3.63) is 0 Å². The molecule has 0 aliphatic heterocycles. The molecule has 0 radical (unpaired) electrons. The highest BCUT2D eigenvalue weighted by Gasteiger charge is 2.35. The molecule has 0 saturated carbocycles. The van der Waals surface area contributed by atoms with Crippen molar-refractivity contribution in [3.8, 4) is 0 Å². The van der Waals surface area contributed by atoms with Crippen LogP contribution in [-0.2, 0) is 13.3 Å². The number of hydrogen-bond acceptors (Lipinski definition) is 3. The molecule has 11 heavy (non-hydrogen) atoms. The Kier molecular flexibility index (Phi) is 6.45. The van der Waals surface area contributed by atoms with Crippen LogP contribution >= 0.6 is 15.3 Å². The fourth-order valence-corrected chi connectivity index (χ4v) is 1.82. The number of unbranched alkanes of at least 4 members (excludes halogenated alkanes) is 1. The molecule has 0 aliphatic carbocycles. The molecule has 0 aromatic carbocycles. The summed E-state index contributed by atoms with van der Waals surface area (Å²) >= 11 is 3.29. The van der Waals surface area contributed by atoms with Crippen molar-refractivity contribution >= 4 is 22.7 Å². The Morgan fingerprint density at radius 3 is 2.18 bits per heavy atom. The zero-order valence-corrected chi connectivity index (χ0v) is 9.81. The second-order valence-electron chi connectivity index (χ2n) is 2.09. The summed E-state index contributed by atoms with van der Waals surface area (Å²) in [6, 6.07) is 0. The van der Waals surface area contributed by atoms with Crippen molar-refractivity contribution in [3.63, 3.8) is 0 Å². The predicted molar refractivity (Wildman–Crippen MR) is 49.6 cm³/mol. The van der Waals surface area contributed by atoms with Gasteiger partial charge in [-0.25, -0.2) is 0 Å². The Labute approximate surface area is 77.0 Å². The Morgan fingerprint density at radius 1 is 1.27 bits per heavy atom. The van der Waals surface area contributed by atoms with E-state index in [1.54, 1.807) is 14.2 Å². The number of halogens is 1. The lowest BCUT2D eigenvalue weighted by atomic mass is 10.4. The molecule has 0 unspecified atom stereocenters. The Hall–Kier alpha value is 0.577. The van der Waals surface area contributed by atoms with E-state index in [-0.39, 0.29) is 0 Å². The maximum atomic E-state index is 5.38. The van der Waals surface area contributed by atoms with Crippen molar-refractivity contribution in [2.75, 3.05) is 20.8 Å². The molecule has 0 heterocycles. The first kappa shape index (κ1) is 11.6. The molecule has 3 nitrogen and oxygen atoms in total. The van der Waals surface area contributed by atoms with Gasteiger partial charge in [0.25, 0.3) is 0 Å². The van der Waals surface area contributed by atoms with E-state index in [1.165, 1.54) is 0 Å². The van der Waals surface area contributed by atoms with E-state index in [0.717, 1.165) is 12.8 Å². The Morgan fingerprint density at radius 2 is 1.82 bits per heavy atom. The van der Waals surface area contributed by atoms with E-state index >= 15 is 0 Å². The quantitative estimate of drug-likeness (QED) is 0.405. The van der Waals surface area contributed by atoms with Gasteiger partial charge in [-0.3, -0.25) is 0 Å². The molecule has 0 N–H and O–H groups in total. The highest BCUT2D eigenvalue weighted by Crippen LogP contribution is 2.15. The predicted octanol–water partition coefficient (Wildman–Crippen LogP) is 1.93. The summed E-state index contributed by atoms with van der Waals surface area (Å²) in [5.74, 6) is 0. The highest BCUT2D eigenvalue weighted by molar-refractivity contribution is 9.25. The molecule has 0 atom stereocenters. The van der Waals surface area contributed by atoms with Gasteiger partial charge in [-0.2, -0.15) is 0 Å². The minimum atomic E-state index is -2.42. The van der Waals surface area contributed by atoms with Gasteiger partial charge in [-0.1, -0.05) is 13.3 Å². The average molecular weight is 243 g/mol. The number of rotatable bonds is 6. The molecule has 0 saturated heterocycles. The monoisotopic (exact) mass is 242 g/mol. The van der Waals surface area contributed by atoms with Crippen molar-refractivity contribution in [2.24, 2.45) is 0 Å². The molecule has 0 amide bonds. The molecular weight excluding hydrogens is 228 g/mol. The Balaban J connectivity index is 3.51. The van der Waals surface area contributed by atoms with Crippen LogP contribution < -0.4 is 0 Å². The lowest BCUT2D eigenvalue weighted by molar-refractivity contribution is 0.125. The van der Waals surface area contributed by atoms with Crippen LogP contribution in [0.4, 0.5) is 0 Å². The lowest BCUT2D eigenvalue weighted by Crippen LogP contribution is -2.37. The minimum absolute atomic E-state index is 0.690. The second kappa shape index (κ2) is 6.13. The third kappa shape index (κ3) is 4.92. The molecule has 68 valence electrons. The third-order valence-corrected chi connectivity index (χ3v) is 5.41. The molecule has 0 aromatic rings. The van der Waals surface area contributed by atoms with E-state index < -0.39 is 7.42 Å². The lowest BCUT2D eigenvalue weighted by Gasteiger charge is -2.19. The largest absolute Gasteiger partial charge is 0.579 e. The fraction of sp³-hybridized carbons (Fsp3) is 1.00. The van der Waals surface area contributed by atoms with E-state index in [0.29, 0.717) is 6.61 Å². The van der Waals surface area contributed by atoms with Crippen LogP contribution in [0, 0.1) is 0 Å². The first-order valence-corrected chi connectivity index (χ1v) is 7.60. The minimum Gasteiger partial charge on any atom is -0.369 e. The van der Waals surface area contributed by atoms with Gasteiger partial charge in [0.05, 0.1) is 0 Å². The average Bonchev–Trinajstić information content (AvgIpc) is 2.05. The van der Waals surface area contributed by atoms with E-state index in [2.05, 4.69) is 22.2 Å². The van der Waals surface area contributed by atoms with Crippen molar-refractivity contribution < 1.29 is 13.3 Å². The standard InChI is InChI=1S/C6H15BrO3Si/c1-4-5-6-10-11(7,8-2)9-3/h4-6H2,1-3H3. The van der Waals surface area contributed by atoms with Crippen LogP contribution in [0.1, 0.15) is 19.8 Å². The van der Waals surface area contributed by atoms with Crippen molar-refractivity contribution in [1.82, 2.24) is 0 Å². The molecule has 0 aliphatic rings. The summed E-state index contributed by atoms with van der Waals surface area (Å²) in [5.41, 5.74) is 0. The van der Waals surface area contributed by atoms with Crippen molar-refractivity contribution in [1.29, 1.82) is 0 Å². The zero-order valence-electron chi connectivity index (χ0n) is 7.22. The molecule has 5 heteroatoms. The van der Waals surface area contributed by atoms with Gasteiger partial charge in [0, 0.05) is 20.8 Å². The SMILES string of the molecule is CCCCO[Si](Br)(OC)OC. The molecule has 0 spiro atoms. The van der Waals surface area contributed by atoms with Gasteiger partial charge in [-0.05, 0) is 21.7 Å². The molecule has 0 bridgehead atoms. The van der Waals surface area contributed by atoms with Crippen LogP contribution in [0.5, 0.6) is 0 Å². The summed E-state index contributed by atoms with van der Waals surface area (Å²) in [6.07, 6.45) is 2.15. The van der Waals surface area contributed by atoms with E-state index in [4.69, 9.17) is 13.3 Å². The van der Waals surface area contributed by atoms with Crippen molar-refractivity contribution in [2.45, 2.75) is 19.8 Å². The first-order valence-electron chi connectivity index (χ1n) is 3.61. The maximum absolute atomic E-state index is 5.38. The fourth-order valence-electron chi connectivity index (χ4n) is 0.540. The normalized spacial score (nSPS) is 12.0. The topological polar surface area (TPSA) is 27.7 Å². The summed E-state index contributed by atoms with van der Waals surface area (Å²) in [5, 5.41) is 0. The van der Waals surface area contributed by atoms with Gasteiger partial charge in [0.1, 0.15) is 0 Å². The van der Waals surface area contributed by atoms with Crippen LogP contribution in [0.15, 0.2) is 0 Å². The smallest absolute Gasteiger partial charge is 0.369 e. The highest BCUT2D eigenvalue weighted by atomic mass is 79.9. The first-order chi connectivity index (χ1) is 5.18. The summed E-state index contributed by atoms with van der Waals surface area (Å²) in [6.45, 7) is 2.80. The maximum Gasteiger partial charge on any atom is 0.579 e. The second-order valence-corrected chi connectivity index (χ2v) is 7.07. The molecule has 0 aromatic heterocycles. The van der Waals surface area contributed by atoms with Crippen LogP contribution in [0.3, 0.4) is 0 Å². The summed E-state index contributed by atoms with van der Waals surface area (Å²) in [4.78, 5) is 0. The summed E-state index contributed by atoms with van der Waals surface area (Å²) < 4.78 is 15.5. The molecular formula is C6H15BrO3Si. The van der Waals surface area contributed by atoms with E-state index in [1.807, 2.05) is 0 Å². The number of hydrogen-bond donors (Lipinski definition) is 0. The van der Waals surface area contributed by atoms with Crippen LogP contribution in [0.2, 0.25) is 0 Å². The molecule has 0 rings (SSSR count). The van der Waals surface area contributed by atoms with Crippen LogP contribution in [0.25, 0.3) is 0 Å².